The van der Waals surface area contributed by atoms with Gasteiger partial charge >= 0.3 is 54.8 Å². The average molecular weight is 206 g/mol. The molecule has 0 spiro atoms. The summed E-state index contributed by atoms with van der Waals surface area (Å²) in [6.45, 7) is 0. The molecule has 0 fully saturated rings. The van der Waals surface area contributed by atoms with Crippen LogP contribution in [0, 0.1) is 0 Å². The van der Waals surface area contributed by atoms with Crippen LogP contribution in [0.5, 0.6) is 0 Å². The van der Waals surface area contributed by atoms with Crippen LogP contribution < -0.4 is 14.4 Å². The van der Waals surface area contributed by atoms with Crippen LogP contribution in [0.25, 0.3) is 0 Å². The van der Waals surface area contributed by atoms with Crippen molar-refractivity contribution in [3.63, 3.8) is 0 Å². The smallest absolute Gasteiger partial charge is 0.870 e. The van der Waals surface area contributed by atoms with Gasteiger partial charge in [-0.05, 0) is 0 Å². The van der Waals surface area contributed by atoms with Gasteiger partial charge in [0.1, 0.15) is 0 Å². The van der Waals surface area contributed by atoms with E-state index >= 15 is 0 Å². The molecule has 46 valence electrons. The molecule has 0 radical (unpaired) electrons. The molecule has 8 heteroatoms. The molecule has 0 rings (SSSR count). The Hall–Kier alpha value is 1.80. The van der Waals surface area contributed by atoms with Gasteiger partial charge in [0.25, 0.3) is 0 Å². The zero-order valence-corrected chi connectivity index (χ0v) is 7.99. The largest absolute Gasteiger partial charge is 2.00 e. The van der Waals surface area contributed by atoms with Crippen molar-refractivity contribution in [3.05, 3.63) is 0 Å². The molecule has 0 aliphatic carbocycles. The number of rotatable bonds is 0. The average Bonchev–Trinajstić information content (AvgIpc) is 0.722. The van der Waals surface area contributed by atoms with Crippen LogP contribution in [-0.4, -0.2) is 57.1 Å². The fourth-order valence-electron chi connectivity index (χ4n) is 0. The number of hydrogen-bond acceptors (Lipinski definition) is 5. The van der Waals surface area contributed by atoms with Gasteiger partial charge in [-0.2, -0.15) is 0 Å². The Bertz CT molecular complexity index is 27.9. The summed E-state index contributed by atoms with van der Waals surface area (Å²) in [5, 5.41) is 0. The van der Waals surface area contributed by atoms with Crippen LogP contribution >= 0.6 is 0 Å². The van der Waals surface area contributed by atoms with Crippen LogP contribution in [0.3, 0.4) is 0 Å². The predicted molar refractivity (Wildman–Crippen MR) is 15.7 cm³/mol. The van der Waals surface area contributed by atoms with Gasteiger partial charge in [-0.3, -0.25) is 0 Å². The Morgan fingerprint density at radius 2 is 1.12 bits per heavy atom. The molecule has 0 amide bonds. The molecule has 0 aromatic heterocycles. The van der Waals surface area contributed by atoms with Gasteiger partial charge in [-0.15, -0.1) is 9.05 Å². The first kappa shape index (κ1) is 22.6. The van der Waals surface area contributed by atoms with E-state index in [4.69, 9.17) is 19.2 Å². The first-order valence-corrected chi connectivity index (χ1v) is 2.51. The molecule has 0 aliphatic rings. The summed E-state index contributed by atoms with van der Waals surface area (Å²) in [4.78, 5) is 33.1. The monoisotopic (exact) mass is 206 g/mol. The third kappa shape index (κ3) is 112. The third-order valence-electron chi connectivity index (χ3n) is 0. The van der Waals surface area contributed by atoms with Gasteiger partial charge in [-0.25, -0.2) is 0 Å². The molecule has 0 atom stereocenters. The summed E-state index contributed by atoms with van der Waals surface area (Å²) in [6.07, 6.45) is 0. The van der Waals surface area contributed by atoms with E-state index < -0.39 is 9.05 Å². The van der Waals surface area contributed by atoms with Crippen LogP contribution in [0.15, 0.2) is 0 Å². The molecule has 0 heterocycles. The molecule has 2 N–H and O–H groups in total. The Balaban J connectivity index is -0.0000000267. The van der Waals surface area contributed by atoms with E-state index in [1.165, 1.54) is 0 Å². The van der Waals surface area contributed by atoms with Gasteiger partial charge < -0.3 is 24.7 Å². The van der Waals surface area contributed by atoms with Crippen molar-refractivity contribution >= 4 is 46.8 Å². The van der Waals surface area contributed by atoms with E-state index in [2.05, 4.69) is 0 Å². The summed E-state index contributed by atoms with van der Waals surface area (Å²) in [6, 6.07) is 0. The second-order valence-electron chi connectivity index (χ2n) is 0.524. The van der Waals surface area contributed by atoms with Gasteiger partial charge in [-0.1, -0.05) is 0 Å². The summed E-state index contributed by atoms with van der Waals surface area (Å²) in [5.41, 5.74) is 0. The fraction of sp³-hybridized carbons (Fsp3) is 0. The zero-order chi connectivity index (χ0) is 4.50. The summed E-state index contributed by atoms with van der Waals surface area (Å²) >= 11 is 0. The SMILES string of the molecule is [Ca+2].[Fe+2].[O-][Si]([O-])([O-])O.[OH-]. The van der Waals surface area contributed by atoms with Gasteiger partial charge in [0.2, 0.25) is 0 Å². The first-order valence-electron chi connectivity index (χ1n) is 0.836. The summed E-state index contributed by atoms with van der Waals surface area (Å²) in [7, 11) is -5.36. The van der Waals surface area contributed by atoms with Crippen molar-refractivity contribution < 1.29 is 41.7 Å². The molecular formula is H2CaFeO5Si. The molecular weight excluding hydrogens is 204 g/mol. The topological polar surface area (TPSA) is 119 Å². The van der Waals surface area contributed by atoms with Crippen LogP contribution in [0.4, 0.5) is 0 Å². The standard InChI is InChI=1S/Ca.Fe.HO4Si.H2O/c;;1-5(2,3)4;/h;;1H;1H2/q2*+2;-3;/p-1. The normalized spacial score (nSPS) is 7.50. The van der Waals surface area contributed by atoms with Crippen molar-refractivity contribution in [2.45, 2.75) is 0 Å². The molecule has 0 aromatic carbocycles. The quantitative estimate of drug-likeness (QED) is 0.397. The van der Waals surface area contributed by atoms with Crippen molar-refractivity contribution in [1.29, 1.82) is 0 Å². The molecule has 0 aromatic rings. The van der Waals surface area contributed by atoms with Crippen molar-refractivity contribution in [2.75, 3.05) is 0 Å². The van der Waals surface area contributed by atoms with Gasteiger partial charge in [0.05, 0.1) is 0 Å². The third-order valence-corrected chi connectivity index (χ3v) is 0. The molecule has 0 bridgehead atoms. The molecule has 8 heavy (non-hydrogen) atoms. The predicted octanol–water partition coefficient (Wildman–Crippen LogP) is -5.06. The minimum atomic E-state index is -5.36. The second kappa shape index (κ2) is 8.80. The zero-order valence-electron chi connectivity index (χ0n) is 3.68. The van der Waals surface area contributed by atoms with Gasteiger partial charge in [0, 0.05) is 0 Å². The van der Waals surface area contributed by atoms with E-state index in [-0.39, 0.29) is 60.3 Å². The molecule has 0 unspecified atom stereocenters. The molecule has 0 aliphatic heterocycles. The van der Waals surface area contributed by atoms with E-state index in [9.17, 15) is 0 Å². The van der Waals surface area contributed by atoms with Crippen LogP contribution in [0.2, 0.25) is 0 Å². The van der Waals surface area contributed by atoms with Crippen molar-refractivity contribution in [3.8, 4) is 0 Å². The van der Waals surface area contributed by atoms with E-state index in [0.717, 1.165) is 0 Å². The van der Waals surface area contributed by atoms with E-state index in [0.29, 0.717) is 0 Å². The maximum Gasteiger partial charge on any atom is 2.00 e. The summed E-state index contributed by atoms with van der Waals surface area (Å²) < 4.78 is 0. The Morgan fingerprint density at radius 1 is 1.12 bits per heavy atom. The van der Waals surface area contributed by atoms with Gasteiger partial charge in [0.15, 0.2) is 0 Å². The fourth-order valence-corrected chi connectivity index (χ4v) is 0. The first-order chi connectivity index (χ1) is 2.00. The Kier molecular flexibility index (Phi) is 24.8. The molecule has 5 nitrogen and oxygen atoms in total. The van der Waals surface area contributed by atoms with Crippen molar-refractivity contribution in [1.82, 2.24) is 0 Å². The molecule has 0 saturated heterocycles. The maximum absolute atomic E-state index is 8.69. The maximum atomic E-state index is 8.69. The molecule has 0 saturated carbocycles. The number of hydrogen-bond donors (Lipinski definition) is 1. The summed E-state index contributed by atoms with van der Waals surface area (Å²) in [5.74, 6) is 0. The van der Waals surface area contributed by atoms with E-state index in [1.54, 1.807) is 0 Å². The minimum Gasteiger partial charge on any atom is -0.870 e. The second-order valence-corrected chi connectivity index (χ2v) is 1.57. The Labute approximate surface area is 87.6 Å². The van der Waals surface area contributed by atoms with Crippen LogP contribution in [0.1, 0.15) is 0 Å². The van der Waals surface area contributed by atoms with Crippen LogP contribution in [-0.2, 0) is 17.1 Å². The van der Waals surface area contributed by atoms with E-state index in [1.807, 2.05) is 0 Å². The Morgan fingerprint density at radius 3 is 1.12 bits per heavy atom. The van der Waals surface area contributed by atoms with Crippen molar-refractivity contribution in [2.24, 2.45) is 0 Å². The minimum absolute atomic E-state index is 0.